The molecule has 0 spiro atoms. The van der Waals surface area contributed by atoms with Gasteiger partial charge in [0, 0.05) is 16.2 Å². The van der Waals surface area contributed by atoms with Crippen LogP contribution < -0.4 is 0 Å². The summed E-state index contributed by atoms with van der Waals surface area (Å²) in [6.45, 7) is 0. The molecule has 4 heteroatoms. The molecular weight excluding hydrogens is 270 g/mol. The number of carbonyl (C=O) groups is 1. The summed E-state index contributed by atoms with van der Waals surface area (Å²) in [6.07, 6.45) is 1.56. The molecule has 1 heterocycles. The number of carbonyl (C=O) groups excluding carboxylic acids is 1. The molecule has 0 aliphatic heterocycles. The van der Waals surface area contributed by atoms with Crippen molar-refractivity contribution in [3.63, 3.8) is 0 Å². The lowest BCUT2D eigenvalue weighted by molar-refractivity contribution is 0.103. The number of pyridine rings is 1. The van der Waals surface area contributed by atoms with Gasteiger partial charge in [-0.15, -0.1) is 0 Å². The highest BCUT2D eigenvalue weighted by atomic mass is 79.9. The largest absolute Gasteiger partial charge is 0.508 e. The fourth-order valence-electron chi connectivity index (χ4n) is 1.32. The lowest BCUT2D eigenvalue weighted by Crippen LogP contribution is -2.04. The van der Waals surface area contributed by atoms with Gasteiger partial charge in [-0.05, 0) is 30.3 Å². The number of ketones is 1. The highest BCUT2D eigenvalue weighted by molar-refractivity contribution is 9.10. The van der Waals surface area contributed by atoms with E-state index in [-0.39, 0.29) is 11.5 Å². The lowest BCUT2D eigenvalue weighted by atomic mass is 10.1. The van der Waals surface area contributed by atoms with Crippen LogP contribution in [-0.4, -0.2) is 15.9 Å². The van der Waals surface area contributed by atoms with Crippen molar-refractivity contribution in [3.8, 4) is 5.75 Å². The molecule has 0 unspecified atom stereocenters. The first kappa shape index (κ1) is 10.8. The van der Waals surface area contributed by atoms with Crippen molar-refractivity contribution in [1.82, 2.24) is 4.98 Å². The number of hydrogen-bond acceptors (Lipinski definition) is 3. The first-order chi connectivity index (χ1) is 7.68. The van der Waals surface area contributed by atoms with Crippen LogP contribution in [-0.2, 0) is 0 Å². The Morgan fingerprint density at radius 3 is 2.75 bits per heavy atom. The summed E-state index contributed by atoms with van der Waals surface area (Å²) in [5.74, 6) is -0.161. The van der Waals surface area contributed by atoms with Crippen molar-refractivity contribution < 1.29 is 9.90 Å². The Morgan fingerprint density at radius 2 is 2.06 bits per heavy atom. The van der Waals surface area contributed by atoms with Crippen molar-refractivity contribution in [2.24, 2.45) is 0 Å². The Morgan fingerprint density at radius 1 is 1.25 bits per heavy atom. The molecule has 0 aliphatic carbocycles. The molecule has 0 saturated heterocycles. The molecule has 2 rings (SSSR count). The van der Waals surface area contributed by atoms with Crippen molar-refractivity contribution in [3.05, 3.63) is 58.3 Å². The van der Waals surface area contributed by atoms with E-state index < -0.39 is 0 Å². The van der Waals surface area contributed by atoms with Gasteiger partial charge in [-0.1, -0.05) is 22.0 Å². The van der Waals surface area contributed by atoms with Crippen molar-refractivity contribution in [1.29, 1.82) is 0 Å². The predicted molar refractivity (Wildman–Crippen MR) is 63.5 cm³/mol. The summed E-state index contributed by atoms with van der Waals surface area (Å²) in [6, 6.07) is 9.69. The number of benzene rings is 1. The van der Waals surface area contributed by atoms with E-state index in [1.54, 1.807) is 30.5 Å². The Bertz CT molecular complexity index is 526. The summed E-state index contributed by atoms with van der Waals surface area (Å²) >= 11 is 3.27. The van der Waals surface area contributed by atoms with Gasteiger partial charge in [0.2, 0.25) is 5.78 Å². The number of phenols is 1. The average Bonchev–Trinajstić information content (AvgIpc) is 2.32. The molecule has 0 saturated carbocycles. The third-order valence-electron chi connectivity index (χ3n) is 2.09. The Kier molecular flexibility index (Phi) is 3.01. The van der Waals surface area contributed by atoms with E-state index in [4.69, 9.17) is 0 Å². The topological polar surface area (TPSA) is 50.2 Å². The van der Waals surface area contributed by atoms with Crippen LogP contribution in [0.1, 0.15) is 16.1 Å². The number of nitrogens with zero attached hydrogens (tertiary/aromatic N) is 1. The number of halogens is 1. The molecule has 0 radical (unpaired) electrons. The fraction of sp³-hybridized carbons (Fsp3) is 0. The van der Waals surface area contributed by atoms with E-state index >= 15 is 0 Å². The maximum absolute atomic E-state index is 12.0. The van der Waals surface area contributed by atoms with Crippen LogP contribution in [0.2, 0.25) is 0 Å². The zero-order valence-corrected chi connectivity index (χ0v) is 9.81. The number of aromatic nitrogens is 1. The molecule has 3 nitrogen and oxygen atoms in total. The van der Waals surface area contributed by atoms with E-state index in [2.05, 4.69) is 20.9 Å². The van der Waals surface area contributed by atoms with Gasteiger partial charge < -0.3 is 5.11 Å². The first-order valence-corrected chi connectivity index (χ1v) is 5.42. The van der Waals surface area contributed by atoms with Crippen molar-refractivity contribution in [2.75, 3.05) is 0 Å². The van der Waals surface area contributed by atoms with Crippen LogP contribution in [0.25, 0.3) is 0 Å². The minimum Gasteiger partial charge on any atom is -0.508 e. The van der Waals surface area contributed by atoms with E-state index in [0.717, 1.165) is 0 Å². The first-order valence-electron chi connectivity index (χ1n) is 4.63. The van der Waals surface area contributed by atoms with Gasteiger partial charge in [-0.3, -0.25) is 9.78 Å². The van der Waals surface area contributed by atoms with Crippen LogP contribution in [0.3, 0.4) is 0 Å². The maximum Gasteiger partial charge on any atom is 0.212 e. The molecule has 0 bridgehead atoms. The Labute approximate surface area is 101 Å². The molecule has 1 aromatic carbocycles. The molecule has 80 valence electrons. The van der Waals surface area contributed by atoms with Crippen LogP contribution >= 0.6 is 15.9 Å². The molecule has 0 aliphatic rings. The van der Waals surface area contributed by atoms with Gasteiger partial charge in [0.25, 0.3) is 0 Å². The standard InChI is InChI=1S/C12H8BrNO2/c13-10-5-4-8(15)7-9(10)12(16)11-3-1-2-6-14-11/h1-7,15H. The predicted octanol–water partition coefficient (Wildman–Crippen LogP) is 2.78. The summed E-state index contributed by atoms with van der Waals surface area (Å²) < 4.78 is 0.640. The van der Waals surface area contributed by atoms with Crippen LogP contribution in [0.4, 0.5) is 0 Å². The Hall–Kier alpha value is -1.68. The molecule has 2 aromatic rings. The number of phenolic OH excluding ortho intramolecular Hbond substituents is 1. The number of aromatic hydroxyl groups is 1. The minimum absolute atomic E-state index is 0.0579. The van der Waals surface area contributed by atoms with Gasteiger partial charge in [0.1, 0.15) is 11.4 Å². The minimum atomic E-state index is -0.219. The maximum atomic E-state index is 12.0. The van der Waals surface area contributed by atoms with Crippen LogP contribution in [0, 0.1) is 0 Å². The smallest absolute Gasteiger partial charge is 0.212 e. The average molecular weight is 278 g/mol. The number of rotatable bonds is 2. The third kappa shape index (κ3) is 2.12. The SMILES string of the molecule is O=C(c1ccccn1)c1cc(O)ccc1Br. The van der Waals surface area contributed by atoms with Crippen molar-refractivity contribution in [2.45, 2.75) is 0 Å². The molecule has 0 amide bonds. The lowest BCUT2D eigenvalue weighted by Gasteiger charge is -2.03. The summed E-state index contributed by atoms with van der Waals surface area (Å²) in [7, 11) is 0. The van der Waals surface area contributed by atoms with Crippen molar-refractivity contribution >= 4 is 21.7 Å². The molecule has 16 heavy (non-hydrogen) atoms. The number of hydrogen-bond donors (Lipinski definition) is 1. The van der Waals surface area contributed by atoms with Gasteiger partial charge >= 0.3 is 0 Å². The van der Waals surface area contributed by atoms with E-state index in [1.807, 2.05) is 0 Å². The van der Waals surface area contributed by atoms with E-state index in [0.29, 0.717) is 15.7 Å². The molecule has 0 fully saturated rings. The van der Waals surface area contributed by atoms with Gasteiger partial charge in [0.15, 0.2) is 0 Å². The van der Waals surface area contributed by atoms with Gasteiger partial charge in [0.05, 0.1) is 0 Å². The summed E-state index contributed by atoms with van der Waals surface area (Å²) in [5.41, 5.74) is 0.757. The summed E-state index contributed by atoms with van der Waals surface area (Å²) in [4.78, 5) is 16.0. The molecule has 1 N–H and O–H groups in total. The second kappa shape index (κ2) is 4.45. The van der Waals surface area contributed by atoms with Crippen LogP contribution in [0.15, 0.2) is 47.1 Å². The fourth-order valence-corrected chi connectivity index (χ4v) is 1.75. The second-order valence-corrected chi connectivity index (χ2v) is 4.06. The van der Waals surface area contributed by atoms with E-state index in [1.165, 1.54) is 12.1 Å². The van der Waals surface area contributed by atoms with Gasteiger partial charge in [-0.25, -0.2) is 0 Å². The highest BCUT2D eigenvalue weighted by Gasteiger charge is 2.13. The zero-order valence-electron chi connectivity index (χ0n) is 8.22. The normalized spacial score (nSPS) is 10.1. The zero-order chi connectivity index (χ0) is 11.5. The molecular formula is C12H8BrNO2. The van der Waals surface area contributed by atoms with E-state index in [9.17, 15) is 9.90 Å². The second-order valence-electron chi connectivity index (χ2n) is 3.21. The third-order valence-corrected chi connectivity index (χ3v) is 2.78. The highest BCUT2D eigenvalue weighted by Crippen LogP contribution is 2.23. The summed E-state index contributed by atoms with van der Waals surface area (Å²) in [5, 5.41) is 9.34. The quantitative estimate of drug-likeness (QED) is 0.859. The molecule has 0 atom stereocenters. The van der Waals surface area contributed by atoms with Crippen LogP contribution in [0.5, 0.6) is 5.75 Å². The molecule has 1 aromatic heterocycles. The Balaban J connectivity index is 2.46. The monoisotopic (exact) mass is 277 g/mol. The van der Waals surface area contributed by atoms with Gasteiger partial charge in [-0.2, -0.15) is 0 Å².